The van der Waals surface area contributed by atoms with Crippen LogP contribution in [0.15, 0.2) is 35.5 Å². The summed E-state index contributed by atoms with van der Waals surface area (Å²) in [7, 11) is 0. The second kappa shape index (κ2) is 7.13. The van der Waals surface area contributed by atoms with Crippen LogP contribution in [-0.4, -0.2) is 12.6 Å². The van der Waals surface area contributed by atoms with Crippen LogP contribution < -0.4 is 0 Å². The Hall–Kier alpha value is -1.31. The van der Waals surface area contributed by atoms with Gasteiger partial charge in [0.2, 0.25) is 0 Å². The molecule has 0 fully saturated rings. The SMILES string of the molecule is CC(=O)OC/C=C(C)\C=C\C=C(C)C. The first-order chi connectivity index (χ1) is 6.52. The van der Waals surface area contributed by atoms with Gasteiger partial charge in [-0.05, 0) is 26.8 Å². The molecule has 0 N–H and O–H groups in total. The molecule has 0 saturated heterocycles. The zero-order valence-corrected chi connectivity index (χ0v) is 9.33. The fraction of sp³-hybridized carbons (Fsp3) is 0.417. The average molecular weight is 194 g/mol. The van der Waals surface area contributed by atoms with E-state index in [9.17, 15) is 4.79 Å². The van der Waals surface area contributed by atoms with Gasteiger partial charge in [-0.2, -0.15) is 0 Å². The van der Waals surface area contributed by atoms with Crippen LogP contribution in [0.25, 0.3) is 0 Å². The van der Waals surface area contributed by atoms with Crippen LogP contribution in [0, 0.1) is 0 Å². The van der Waals surface area contributed by atoms with Gasteiger partial charge in [0.15, 0.2) is 0 Å². The van der Waals surface area contributed by atoms with Gasteiger partial charge >= 0.3 is 5.97 Å². The molecule has 0 heterocycles. The van der Waals surface area contributed by atoms with Gasteiger partial charge in [0.1, 0.15) is 6.61 Å². The van der Waals surface area contributed by atoms with E-state index in [1.165, 1.54) is 12.5 Å². The third-order valence-corrected chi connectivity index (χ3v) is 1.48. The summed E-state index contributed by atoms with van der Waals surface area (Å²) in [4.78, 5) is 10.4. The highest BCUT2D eigenvalue weighted by Gasteiger charge is 1.88. The number of carbonyl (C=O) groups excluding carboxylic acids is 1. The smallest absolute Gasteiger partial charge is 0.302 e. The molecular weight excluding hydrogens is 176 g/mol. The molecule has 0 spiro atoms. The highest BCUT2D eigenvalue weighted by Crippen LogP contribution is 1.97. The molecular formula is C12H18O2. The summed E-state index contributed by atoms with van der Waals surface area (Å²) in [5.74, 6) is -0.248. The van der Waals surface area contributed by atoms with Gasteiger partial charge in [0, 0.05) is 6.92 Å². The van der Waals surface area contributed by atoms with Gasteiger partial charge in [-0.1, -0.05) is 29.4 Å². The van der Waals surface area contributed by atoms with E-state index in [4.69, 9.17) is 4.74 Å². The Morgan fingerprint density at radius 3 is 2.36 bits per heavy atom. The fourth-order valence-electron chi connectivity index (χ4n) is 0.751. The van der Waals surface area contributed by atoms with Crippen molar-refractivity contribution >= 4 is 5.97 Å². The number of allylic oxidation sites excluding steroid dienone is 5. The molecule has 0 radical (unpaired) electrons. The van der Waals surface area contributed by atoms with Crippen LogP contribution >= 0.6 is 0 Å². The molecule has 0 amide bonds. The molecule has 2 heteroatoms. The van der Waals surface area contributed by atoms with Crippen molar-refractivity contribution in [1.82, 2.24) is 0 Å². The van der Waals surface area contributed by atoms with Crippen LogP contribution in [0.2, 0.25) is 0 Å². The normalized spacial score (nSPS) is 11.6. The van der Waals surface area contributed by atoms with Crippen molar-refractivity contribution in [2.24, 2.45) is 0 Å². The first-order valence-electron chi connectivity index (χ1n) is 4.64. The summed E-state index contributed by atoms with van der Waals surface area (Å²) in [6.07, 6.45) is 7.87. The lowest BCUT2D eigenvalue weighted by Gasteiger charge is -1.96. The number of hydrogen-bond donors (Lipinski definition) is 0. The maximum atomic E-state index is 10.4. The summed E-state index contributed by atoms with van der Waals surface area (Å²) in [5.41, 5.74) is 2.35. The highest BCUT2D eigenvalue weighted by molar-refractivity contribution is 5.66. The van der Waals surface area contributed by atoms with Crippen LogP contribution in [0.5, 0.6) is 0 Å². The second-order valence-electron chi connectivity index (χ2n) is 3.35. The number of rotatable bonds is 4. The van der Waals surface area contributed by atoms with E-state index in [0.717, 1.165) is 5.57 Å². The molecule has 0 atom stereocenters. The highest BCUT2D eigenvalue weighted by atomic mass is 16.5. The fourth-order valence-corrected chi connectivity index (χ4v) is 0.751. The summed E-state index contributed by atoms with van der Waals surface area (Å²) in [6, 6.07) is 0. The molecule has 0 bridgehead atoms. The van der Waals surface area contributed by atoms with Crippen molar-refractivity contribution in [3.8, 4) is 0 Å². The molecule has 0 aromatic heterocycles. The van der Waals surface area contributed by atoms with Crippen LogP contribution in [0.3, 0.4) is 0 Å². The number of esters is 1. The monoisotopic (exact) mass is 194 g/mol. The molecule has 0 aliphatic carbocycles. The van der Waals surface area contributed by atoms with Gasteiger partial charge in [-0.3, -0.25) is 4.79 Å². The van der Waals surface area contributed by atoms with E-state index in [1.54, 1.807) is 0 Å². The quantitative estimate of drug-likeness (QED) is 0.508. The molecule has 0 saturated carbocycles. The predicted molar refractivity (Wildman–Crippen MR) is 59.0 cm³/mol. The second-order valence-corrected chi connectivity index (χ2v) is 3.35. The average Bonchev–Trinajstić information content (AvgIpc) is 2.02. The third-order valence-electron chi connectivity index (χ3n) is 1.48. The standard InChI is InChI=1S/C12H18O2/c1-10(2)6-5-7-11(3)8-9-14-12(4)13/h5-8H,9H2,1-4H3/b7-5+,11-8-. The summed E-state index contributed by atoms with van der Waals surface area (Å²) < 4.78 is 4.78. The Labute approximate surface area is 86.0 Å². The minimum absolute atomic E-state index is 0.248. The van der Waals surface area contributed by atoms with Crippen molar-refractivity contribution in [3.05, 3.63) is 35.5 Å². The van der Waals surface area contributed by atoms with Crippen LogP contribution in [-0.2, 0) is 9.53 Å². The van der Waals surface area contributed by atoms with E-state index in [0.29, 0.717) is 6.61 Å². The Kier molecular flexibility index (Phi) is 6.46. The molecule has 0 aliphatic heterocycles. The van der Waals surface area contributed by atoms with E-state index >= 15 is 0 Å². The molecule has 0 unspecified atom stereocenters. The van der Waals surface area contributed by atoms with Crippen molar-refractivity contribution < 1.29 is 9.53 Å². The van der Waals surface area contributed by atoms with Gasteiger partial charge in [0.25, 0.3) is 0 Å². The molecule has 0 aliphatic rings. The molecule has 0 aromatic rings. The lowest BCUT2D eigenvalue weighted by molar-refractivity contribution is -0.139. The Morgan fingerprint density at radius 2 is 1.86 bits per heavy atom. The maximum absolute atomic E-state index is 10.4. The third kappa shape index (κ3) is 8.78. The summed E-state index contributed by atoms with van der Waals surface area (Å²) >= 11 is 0. The molecule has 2 nitrogen and oxygen atoms in total. The molecule has 0 aromatic carbocycles. The van der Waals surface area contributed by atoms with Crippen LogP contribution in [0.1, 0.15) is 27.7 Å². The van der Waals surface area contributed by atoms with Crippen LogP contribution in [0.4, 0.5) is 0 Å². The van der Waals surface area contributed by atoms with Gasteiger partial charge in [-0.25, -0.2) is 0 Å². The van der Waals surface area contributed by atoms with Gasteiger partial charge < -0.3 is 4.74 Å². The number of carbonyl (C=O) groups is 1. The largest absolute Gasteiger partial charge is 0.462 e. The number of hydrogen-bond acceptors (Lipinski definition) is 2. The van der Waals surface area contributed by atoms with E-state index in [-0.39, 0.29) is 5.97 Å². The van der Waals surface area contributed by atoms with Crippen molar-refractivity contribution in [3.63, 3.8) is 0 Å². The zero-order chi connectivity index (χ0) is 11.0. The molecule has 0 rings (SSSR count). The summed E-state index contributed by atoms with van der Waals surface area (Å²) in [6.45, 7) is 7.81. The topological polar surface area (TPSA) is 26.3 Å². The van der Waals surface area contributed by atoms with Gasteiger partial charge in [0.05, 0.1) is 0 Å². The van der Waals surface area contributed by atoms with Crippen molar-refractivity contribution in [2.75, 3.05) is 6.61 Å². The molecule has 78 valence electrons. The minimum Gasteiger partial charge on any atom is -0.462 e. The number of ether oxygens (including phenoxy) is 1. The van der Waals surface area contributed by atoms with E-state index in [1.807, 2.05) is 45.1 Å². The van der Waals surface area contributed by atoms with Crippen molar-refractivity contribution in [1.29, 1.82) is 0 Å². The van der Waals surface area contributed by atoms with E-state index < -0.39 is 0 Å². The Bertz CT molecular complexity index is 266. The van der Waals surface area contributed by atoms with Gasteiger partial charge in [-0.15, -0.1) is 0 Å². The molecule has 14 heavy (non-hydrogen) atoms. The first kappa shape index (κ1) is 12.7. The first-order valence-corrected chi connectivity index (χ1v) is 4.64. The Morgan fingerprint density at radius 1 is 1.21 bits per heavy atom. The lowest BCUT2D eigenvalue weighted by Crippen LogP contribution is -1.97. The minimum atomic E-state index is -0.248. The maximum Gasteiger partial charge on any atom is 0.302 e. The van der Waals surface area contributed by atoms with Crippen molar-refractivity contribution in [2.45, 2.75) is 27.7 Å². The zero-order valence-electron chi connectivity index (χ0n) is 9.33. The Balaban J connectivity index is 3.94. The summed E-state index contributed by atoms with van der Waals surface area (Å²) in [5, 5.41) is 0. The lowest BCUT2D eigenvalue weighted by atomic mass is 10.2. The van der Waals surface area contributed by atoms with E-state index in [2.05, 4.69) is 0 Å². The predicted octanol–water partition coefficient (Wildman–Crippen LogP) is 3.02.